The van der Waals surface area contributed by atoms with Crippen molar-refractivity contribution in [3.05, 3.63) is 57.8 Å². The summed E-state index contributed by atoms with van der Waals surface area (Å²) in [7, 11) is 2.98. The Kier molecular flexibility index (Phi) is 7.72. The minimum absolute atomic E-state index is 0.0600. The van der Waals surface area contributed by atoms with Crippen LogP contribution in [0.2, 0.25) is 0 Å². The fourth-order valence-corrected chi connectivity index (χ4v) is 3.65. The average molecular weight is 460 g/mol. The molecule has 0 amide bonds. The molecule has 0 unspecified atom stereocenters. The molecule has 10 heteroatoms. The van der Waals surface area contributed by atoms with Crippen LogP contribution in [-0.4, -0.2) is 42.8 Å². The second kappa shape index (κ2) is 10.7. The summed E-state index contributed by atoms with van der Waals surface area (Å²) in [6.07, 6.45) is -0.163. The maximum absolute atomic E-state index is 13.9. The van der Waals surface area contributed by atoms with Crippen LogP contribution < -0.4 is 14.2 Å². The van der Waals surface area contributed by atoms with Gasteiger partial charge in [0.25, 0.3) is 0 Å². The number of esters is 1. The first-order chi connectivity index (χ1) is 15.4. The molecule has 3 rings (SSSR count). The van der Waals surface area contributed by atoms with Crippen molar-refractivity contribution in [2.24, 2.45) is 0 Å². The van der Waals surface area contributed by atoms with Crippen LogP contribution in [0.15, 0.2) is 36.4 Å². The lowest BCUT2D eigenvalue weighted by Gasteiger charge is -2.15. The Bertz CT molecular complexity index is 1120. The number of carbonyl (C=O) groups excluding carboxylic acids is 2. The monoisotopic (exact) mass is 460 g/mol. The number of benzene rings is 2. The smallest absolute Gasteiger partial charge is 0.369 e. The molecule has 0 saturated heterocycles. The maximum Gasteiger partial charge on any atom is 0.369 e. The lowest BCUT2D eigenvalue weighted by Crippen LogP contribution is -2.08. The van der Waals surface area contributed by atoms with Crippen LogP contribution in [0.5, 0.6) is 23.0 Å². The van der Waals surface area contributed by atoms with Crippen LogP contribution >= 0.6 is 11.3 Å². The zero-order valence-electron chi connectivity index (χ0n) is 17.7. The molecule has 3 aromatic rings. The molecule has 168 valence electrons. The molecule has 32 heavy (non-hydrogen) atoms. The van der Waals surface area contributed by atoms with Gasteiger partial charge in [0.1, 0.15) is 22.4 Å². The Morgan fingerprint density at radius 3 is 2.50 bits per heavy atom. The highest BCUT2D eigenvalue weighted by Gasteiger charge is 2.19. The molecule has 0 fully saturated rings. The van der Waals surface area contributed by atoms with E-state index in [0.29, 0.717) is 33.6 Å². The van der Waals surface area contributed by atoms with E-state index in [1.165, 1.54) is 32.4 Å². The number of Topliss-reactive ketones (excluding diaryl/α,β-unsaturated/α-hetero) is 1. The Labute approximate surface area is 187 Å². The van der Waals surface area contributed by atoms with Gasteiger partial charge in [0.05, 0.1) is 27.2 Å². The Hall–Kier alpha value is -3.53. The van der Waals surface area contributed by atoms with Crippen LogP contribution in [0.3, 0.4) is 0 Å². The molecule has 1 heterocycles. The molecule has 2 aromatic carbocycles. The molecule has 0 atom stereocenters. The van der Waals surface area contributed by atoms with Gasteiger partial charge >= 0.3 is 5.97 Å². The fourth-order valence-electron chi connectivity index (χ4n) is 2.89. The van der Waals surface area contributed by atoms with Crippen molar-refractivity contribution in [1.82, 2.24) is 10.2 Å². The molecule has 0 N–H and O–H groups in total. The second-order valence-electron chi connectivity index (χ2n) is 6.46. The van der Waals surface area contributed by atoms with Crippen molar-refractivity contribution < 1.29 is 32.9 Å². The van der Waals surface area contributed by atoms with E-state index in [0.717, 1.165) is 11.3 Å². The summed E-state index contributed by atoms with van der Waals surface area (Å²) in [5.74, 6) is 0.168. The SMILES string of the molecule is CCOC(=O)c1nnc(CC(=O)Cc2cc(F)ccc2Oc2cccc(OC)c2OC)s1. The molecule has 0 aliphatic heterocycles. The van der Waals surface area contributed by atoms with Crippen LogP contribution in [-0.2, 0) is 22.4 Å². The van der Waals surface area contributed by atoms with Gasteiger partial charge in [0.15, 0.2) is 11.5 Å². The maximum atomic E-state index is 13.9. The third-order valence-electron chi connectivity index (χ3n) is 4.26. The minimum Gasteiger partial charge on any atom is -0.493 e. The van der Waals surface area contributed by atoms with E-state index in [1.807, 2.05) is 0 Å². The van der Waals surface area contributed by atoms with Crippen LogP contribution in [0.25, 0.3) is 0 Å². The molecule has 0 spiro atoms. The lowest BCUT2D eigenvalue weighted by molar-refractivity contribution is -0.117. The standard InChI is InChI=1S/C22H21FN2O6S/c1-4-30-22(27)21-25-24-19(32-21)12-15(26)11-13-10-14(23)8-9-16(13)31-18-7-5-6-17(28-2)20(18)29-3/h5-10H,4,11-12H2,1-3H3. The molecule has 0 saturated carbocycles. The highest BCUT2D eigenvalue weighted by molar-refractivity contribution is 7.13. The van der Waals surface area contributed by atoms with E-state index in [-0.39, 0.29) is 30.2 Å². The number of para-hydroxylation sites is 1. The highest BCUT2D eigenvalue weighted by atomic mass is 32.1. The normalized spacial score (nSPS) is 10.5. The molecular formula is C22H21FN2O6S. The number of nitrogens with zero attached hydrogens (tertiary/aromatic N) is 2. The Morgan fingerprint density at radius 2 is 1.78 bits per heavy atom. The van der Waals surface area contributed by atoms with Crippen molar-refractivity contribution in [3.8, 4) is 23.0 Å². The zero-order valence-corrected chi connectivity index (χ0v) is 18.5. The van der Waals surface area contributed by atoms with E-state index in [4.69, 9.17) is 18.9 Å². The summed E-state index contributed by atoms with van der Waals surface area (Å²) >= 11 is 0.985. The number of aromatic nitrogens is 2. The van der Waals surface area contributed by atoms with E-state index in [9.17, 15) is 14.0 Å². The number of ketones is 1. The summed E-state index contributed by atoms with van der Waals surface area (Å²) in [5.41, 5.74) is 0.356. The molecule has 8 nitrogen and oxygen atoms in total. The topological polar surface area (TPSA) is 96.8 Å². The van der Waals surface area contributed by atoms with Gasteiger partial charge in [-0.3, -0.25) is 4.79 Å². The van der Waals surface area contributed by atoms with Gasteiger partial charge in [-0.25, -0.2) is 9.18 Å². The van der Waals surface area contributed by atoms with Gasteiger partial charge in [-0.2, -0.15) is 0 Å². The van der Waals surface area contributed by atoms with Crippen molar-refractivity contribution in [2.45, 2.75) is 19.8 Å². The van der Waals surface area contributed by atoms with E-state index < -0.39 is 11.8 Å². The number of ether oxygens (including phenoxy) is 4. The van der Waals surface area contributed by atoms with Gasteiger partial charge in [-0.1, -0.05) is 17.4 Å². The summed E-state index contributed by atoms with van der Waals surface area (Å²) < 4.78 is 35.3. The number of halogens is 1. The molecule has 0 bridgehead atoms. The summed E-state index contributed by atoms with van der Waals surface area (Å²) in [4.78, 5) is 24.3. The zero-order chi connectivity index (χ0) is 23.1. The summed E-state index contributed by atoms with van der Waals surface area (Å²) in [5, 5.41) is 8.06. The van der Waals surface area contributed by atoms with Gasteiger partial charge in [0, 0.05) is 12.0 Å². The predicted molar refractivity (Wildman–Crippen MR) is 114 cm³/mol. The largest absolute Gasteiger partial charge is 0.493 e. The predicted octanol–water partition coefficient (Wildman–Crippen LogP) is 4.02. The van der Waals surface area contributed by atoms with Crippen molar-refractivity contribution in [1.29, 1.82) is 0 Å². The molecular weight excluding hydrogens is 439 g/mol. The first kappa shape index (κ1) is 23.1. The van der Waals surface area contributed by atoms with E-state index in [2.05, 4.69) is 10.2 Å². The number of hydrogen-bond acceptors (Lipinski definition) is 9. The van der Waals surface area contributed by atoms with Gasteiger partial charge in [0.2, 0.25) is 10.8 Å². The summed E-state index contributed by atoms with van der Waals surface area (Å²) in [6, 6.07) is 9.04. The third-order valence-corrected chi connectivity index (χ3v) is 5.17. The first-order valence-corrected chi connectivity index (χ1v) is 10.4. The minimum atomic E-state index is -0.586. The van der Waals surface area contributed by atoms with Crippen LogP contribution in [0.1, 0.15) is 27.3 Å². The second-order valence-corrected chi connectivity index (χ2v) is 7.52. The van der Waals surface area contributed by atoms with E-state index >= 15 is 0 Å². The number of hydrogen-bond donors (Lipinski definition) is 0. The fraction of sp³-hybridized carbons (Fsp3) is 0.273. The Balaban J connectivity index is 1.77. The average Bonchev–Trinajstić information content (AvgIpc) is 3.24. The molecule has 0 radical (unpaired) electrons. The quantitative estimate of drug-likeness (QED) is 0.419. The van der Waals surface area contributed by atoms with Crippen molar-refractivity contribution >= 4 is 23.1 Å². The van der Waals surface area contributed by atoms with Crippen LogP contribution in [0, 0.1) is 5.82 Å². The third kappa shape index (κ3) is 5.58. The van der Waals surface area contributed by atoms with Crippen molar-refractivity contribution in [3.63, 3.8) is 0 Å². The van der Waals surface area contributed by atoms with Gasteiger partial charge in [-0.05, 0) is 37.3 Å². The lowest BCUT2D eigenvalue weighted by atomic mass is 10.1. The molecule has 0 aliphatic carbocycles. The van der Waals surface area contributed by atoms with E-state index in [1.54, 1.807) is 25.1 Å². The van der Waals surface area contributed by atoms with Crippen molar-refractivity contribution in [2.75, 3.05) is 20.8 Å². The Morgan fingerprint density at radius 1 is 1.00 bits per heavy atom. The number of rotatable bonds is 10. The molecule has 1 aromatic heterocycles. The van der Waals surface area contributed by atoms with Gasteiger partial charge < -0.3 is 18.9 Å². The number of methoxy groups -OCH3 is 2. The van der Waals surface area contributed by atoms with Crippen LogP contribution in [0.4, 0.5) is 4.39 Å². The summed E-state index contributed by atoms with van der Waals surface area (Å²) in [6.45, 7) is 1.90. The highest BCUT2D eigenvalue weighted by Crippen LogP contribution is 2.40. The number of carbonyl (C=O) groups is 2. The van der Waals surface area contributed by atoms with Gasteiger partial charge in [-0.15, -0.1) is 10.2 Å². The first-order valence-electron chi connectivity index (χ1n) is 9.63. The molecule has 0 aliphatic rings.